The summed E-state index contributed by atoms with van der Waals surface area (Å²) in [6, 6.07) is 8.45. The molecule has 1 unspecified atom stereocenters. The minimum Gasteiger partial charge on any atom is -0.488 e. The molecule has 0 aliphatic heterocycles. The van der Waals surface area contributed by atoms with Gasteiger partial charge in [0, 0.05) is 11.6 Å². The van der Waals surface area contributed by atoms with E-state index in [1.54, 1.807) is 0 Å². The number of halogens is 2. The van der Waals surface area contributed by atoms with E-state index in [0.717, 1.165) is 18.7 Å². The van der Waals surface area contributed by atoms with Gasteiger partial charge in [-0.1, -0.05) is 49.2 Å². The van der Waals surface area contributed by atoms with Gasteiger partial charge in [-0.25, -0.2) is 0 Å². The molecule has 0 aliphatic rings. The average Bonchev–Trinajstić information content (AvgIpc) is 2.42. The summed E-state index contributed by atoms with van der Waals surface area (Å²) in [7, 11) is 0. The molecule has 0 spiro atoms. The fourth-order valence-corrected chi connectivity index (χ4v) is 1.84. The maximum atomic E-state index is 5.75. The molecule has 100 valence electrons. The smallest absolute Gasteiger partial charge is 0.125 e. The highest BCUT2D eigenvalue weighted by Gasteiger charge is 2.07. The van der Waals surface area contributed by atoms with E-state index in [4.69, 9.17) is 27.9 Å². The number of hydrogen-bond acceptors (Lipinski definition) is 2. The molecule has 1 aromatic rings. The van der Waals surface area contributed by atoms with E-state index in [1.165, 1.54) is 11.1 Å². The van der Waals surface area contributed by atoms with Crippen molar-refractivity contribution in [3.8, 4) is 5.75 Å². The quantitative estimate of drug-likeness (QED) is 0.800. The highest BCUT2D eigenvalue weighted by Crippen LogP contribution is 2.20. The fraction of sp³-hybridized carbons (Fsp3) is 0.429. The van der Waals surface area contributed by atoms with Crippen molar-refractivity contribution in [2.45, 2.75) is 26.3 Å². The number of nitrogens with one attached hydrogen (secondary N) is 1. The largest absolute Gasteiger partial charge is 0.488 e. The number of hydrogen-bond donors (Lipinski definition) is 1. The Morgan fingerprint density at radius 1 is 1.33 bits per heavy atom. The monoisotopic (exact) mass is 287 g/mol. The predicted molar refractivity (Wildman–Crippen MR) is 78.4 cm³/mol. The van der Waals surface area contributed by atoms with Crippen LogP contribution in [0.2, 0.25) is 0 Å². The van der Waals surface area contributed by atoms with E-state index in [0.29, 0.717) is 17.7 Å². The molecule has 0 saturated heterocycles. The van der Waals surface area contributed by atoms with Crippen LogP contribution >= 0.6 is 23.2 Å². The van der Waals surface area contributed by atoms with E-state index in [1.807, 2.05) is 12.1 Å². The Bertz CT molecular complexity index is 376. The van der Waals surface area contributed by atoms with Crippen LogP contribution in [0.4, 0.5) is 0 Å². The Hall–Kier alpha value is -0.700. The molecule has 0 aliphatic carbocycles. The van der Waals surface area contributed by atoms with Crippen LogP contribution < -0.4 is 10.1 Å². The Labute approximate surface area is 119 Å². The topological polar surface area (TPSA) is 21.3 Å². The van der Waals surface area contributed by atoms with Gasteiger partial charge in [0.15, 0.2) is 0 Å². The van der Waals surface area contributed by atoms with Crippen molar-refractivity contribution in [2.24, 2.45) is 0 Å². The summed E-state index contributed by atoms with van der Waals surface area (Å²) in [5.74, 6) is 0.793. The molecule has 0 fully saturated rings. The van der Waals surface area contributed by atoms with Crippen LogP contribution in [0.15, 0.2) is 34.8 Å². The molecule has 1 aromatic carbocycles. The zero-order valence-electron chi connectivity index (χ0n) is 10.7. The van der Waals surface area contributed by atoms with Crippen molar-refractivity contribution in [1.82, 2.24) is 5.32 Å². The van der Waals surface area contributed by atoms with Gasteiger partial charge in [-0.2, -0.15) is 0 Å². The lowest BCUT2D eigenvalue weighted by Gasteiger charge is -2.16. The van der Waals surface area contributed by atoms with Gasteiger partial charge < -0.3 is 10.1 Å². The van der Waals surface area contributed by atoms with Crippen LogP contribution in [-0.4, -0.2) is 13.2 Å². The van der Waals surface area contributed by atoms with Crippen LogP contribution in [0.1, 0.15) is 31.9 Å². The third-order valence-electron chi connectivity index (χ3n) is 2.64. The van der Waals surface area contributed by atoms with Crippen molar-refractivity contribution in [3.63, 3.8) is 0 Å². The van der Waals surface area contributed by atoms with E-state index >= 15 is 0 Å². The molecule has 1 rings (SSSR count). The summed E-state index contributed by atoms with van der Waals surface area (Å²) >= 11 is 11.2. The van der Waals surface area contributed by atoms with Crippen LogP contribution in [-0.2, 0) is 0 Å². The van der Waals surface area contributed by atoms with Gasteiger partial charge in [0.1, 0.15) is 12.4 Å². The normalized spacial score (nSPS) is 13.4. The molecule has 4 heteroatoms. The lowest BCUT2D eigenvalue weighted by atomic mass is 10.0. The standard InChI is InChI=1S/C14H19Cl2NO/c1-3-14(17-4-2)11-5-7-13(8-6-11)18-10-12(16)9-15/h5-9,14,17H,3-4,10H2,1-2H3. The van der Waals surface area contributed by atoms with Gasteiger partial charge in [-0.05, 0) is 30.7 Å². The van der Waals surface area contributed by atoms with Gasteiger partial charge in [-0.3, -0.25) is 0 Å². The van der Waals surface area contributed by atoms with Crippen LogP contribution in [0.5, 0.6) is 5.75 Å². The molecule has 0 heterocycles. The highest BCUT2D eigenvalue weighted by atomic mass is 35.5. The second kappa shape index (κ2) is 8.41. The van der Waals surface area contributed by atoms with Gasteiger partial charge in [0.25, 0.3) is 0 Å². The predicted octanol–water partition coefficient (Wildman–Crippen LogP) is 4.45. The number of ether oxygens (including phenoxy) is 1. The number of rotatable bonds is 7. The molecule has 0 aromatic heterocycles. The van der Waals surface area contributed by atoms with Gasteiger partial charge in [-0.15, -0.1) is 0 Å². The van der Waals surface area contributed by atoms with Crippen molar-refractivity contribution in [2.75, 3.05) is 13.2 Å². The molecule has 0 saturated carbocycles. The number of benzene rings is 1. The van der Waals surface area contributed by atoms with E-state index in [9.17, 15) is 0 Å². The third-order valence-corrected chi connectivity index (χ3v) is 3.23. The molecule has 0 bridgehead atoms. The molecular formula is C14H19Cl2NO. The first-order chi connectivity index (χ1) is 8.71. The Morgan fingerprint density at radius 3 is 2.50 bits per heavy atom. The van der Waals surface area contributed by atoms with Gasteiger partial charge in [0.2, 0.25) is 0 Å². The zero-order valence-corrected chi connectivity index (χ0v) is 12.3. The van der Waals surface area contributed by atoms with Crippen molar-refractivity contribution >= 4 is 23.2 Å². The summed E-state index contributed by atoms with van der Waals surface area (Å²) in [4.78, 5) is 0. The summed E-state index contributed by atoms with van der Waals surface area (Å²) in [5, 5.41) is 3.92. The molecule has 1 atom stereocenters. The fourth-order valence-electron chi connectivity index (χ4n) is 1.72. The van der Waals surface area contributed by atoms with Crippen molar-refractivity contribution in [1.29, 1.82) is 0 Å². The average molecular weight is 288 g/mol. The Morgan fingerprint density at radius 2 is 2.00 bits per heavy atom. The Balaban J connectivity index is 2.61. The van der Waals surface area contributed by atoms with Gasteiger partial charge in [0.05, 0.1) is 5.03 Å². The molecule has 1 N–H and O–H groups in total. The Kier molecular flexibility index (Phi) is 7.18. The lowest BCUT2D eigenvalue weighted by molar-refractivity contribution is 0.359. The minimum atomic E-state index is 0.300. The van der Waals surface area contributed by atoms with Crippen LogP contribution in [0.3, 0.4) is 0 Å². The maximum Gasteiger partial charge on any atom is 0.125 e. The molecule has 18 heavy (non-hydrogen) atoms. The minimum absolute atomic E-state index is 0.300. The first-order valence-corrected chi connectivity index (χ1v) is 6.93. The van der Waals surface area contributed by atoms with E-state index in [2.05, 4.69) is 31.3 Å². The third kappa shape index (κ3) is 4.89. The SMILES string of the molecule is CCNC(CC)c1ccc(OCC(Cl)=CCl)cc1. The van der Waals surface area contributed by atoms with Crippen LogP contribution in [0.25, 0.3) is 0 Å². The van der Waals surface area contributed by atoms with E-state index < -0.39 is 0 Å². The van der Waals surface area contributed by atoms with Gasteiger partial charge >= 0.3 is 0 Å². The lowest BCUT2D eigenvalue weighted by Crippen LogP contribution is -2.19. The zero-order chi connectivity index (χ0) is 13.4. The molecule has 2 nitrogen and oxygen atoms in total. The molecular weight excluding hydrogens is 269 g/mol. The summed E-state index contributed by atoms with van der Waals surface area (Å²) in [5.41, 5.74) is 2.58. The van der Waals surface area contributed by atoms with Crippen LogP contribution in [0, 0.1) is 0 Å². The second-order valence-electron chi connectivity index (χ2n) is 3.93. The van der Waals surface area contributed by atoms with Crippen molar-refractivity contribution < 1.29 is 4.74 Å². The first-order valence-electron chi connectivity index (χ1n) is 6.12. The summed E-state index contributed by atoms with van der Waals surface area (Å²) < 4.78 is 5.48. The molecule has 0 amide bonds. The maximum absolute atomic E-state index is 5.75. The van der Waals surface area contributed by atoms with E-state index in [-0.39, 0.29) is 0 Å². The van der Waals surface area contributed by atoms with Crippen molar-refractivity contribution in [3.05, 3.63) is 40.4 Å². The summed E-state index contributed by atoms with van der Waals surface area (Å²) in [6.45, 7) is 5.55. The second-order valence-corrected chi connectivity index (χ2v) is 4.64. The summed E-state index contributed by atoms with van der Waals surface area (Å²) in [6.07, 6.45) is 1.06. The first kappa shape index (κ1) is 15.4. The molecule has 0 radical (unpaired) electrons. The highest BCUT2D eigenvalue weighted by molar-refractivity contribution is 6.36.